The van der Waals surface area contributed by atoms with Crippen molar-refractivity contribution in [2.45, 2.75) is 30.8 Å². The number of pyridine rings is 1. The van der Waals surface area contributed by atoms with Crippen LogP contribution in [-0.4, -0.2) is 34.9 Å². The van der Waals surface area contributed by atoms with Crippen molar-refractivity contribution in [1.82, 2.24) is 15.2 Å². The fraction of sp³-hybridized carbons (Fsp3) is 0.538. The Hall–Kier alpha value is -0.940. The predicted molar refractivity (Wildman–Crippen MR) is 72.0 cm³/mol. The van der Waals surface area contributed by atoms with E-state index in [0.717, 1.165) is 36.0 Å². The van der Waals surface area contributed by atoms with Crippen molar-refractivity contribution in [2.75, 3.05) is 13.6 Å². The largest absolute Gasteiger partial charge is 0.344 e. The molecular formula is C13H16BrN3O. The van der Waals surface area contributed by atoms with Crippen LogP contribution in [0.15, 0.2) is 22.8 Å². The van der Waals surface area contributed by atoms with Gasteiger partial charge in [-0.25, -0.2) is 0 Å². The molecule has 0 bridgehead atoms. The summed E-state index contributed by atoms with van der Waals surface area (Å²) < 4.78 is 1.03. The number of halogens is 1. The van der Waals surface area contributed by atoms with Crippen molar-refractivity contribution in [3.8, 4) is 0 Å². The van der Waals surface area contributed by atoms with Crippen LogP contribution in [0.25, 0.3) is 0 Å². The first-order valence-electron chi connectivity index (χ1n) is 6.25. The number of hydrogen-bond acceptors (Lipinski definition) is 3. The highest BCUT2D eigenvalue weighted by Crippen LogP contribution is 2.38. The number of likely N-dealkylation sites (N-methyl/N-ethyl adjacent to an activating group) is 1. The van der Waals surface area contributed by atoms with Gasteiger partial charge in [0.15, 0.2) is 0 Å². The topological polar surface area (TPSA) is 45.2 Å². The molecule has 2 atom stereocenters. The summed E-state index contributed by atoms with van der Waals surface area (Å²) in [4.78, 5) is 18.4. The van der Waals surface area contributed by atoms with Crippen LogP contribution in [-0.2, 0) is 4.79 Å². The van der Waals surface area contributed by atoms with Gasteiger partial charge in [-0.3, -0.25) is 15.1 Å². The van der Waals surface area contributed by atoms with E-state index in [4.69, 9.17) is 0 Å². The molecule has 3 rings (SSSR count). The van der Waals surface area contributed by atoms with E-state index in [9.17, 15) is 4.79 Å². The summed E-state index contributed by atoms with van der Waals surface area (Å²) in [5.41, 5.74) is 0.687. The highest BCUT2D eigenvalue weighted by Gasteiger charge is 2.50. The van der Waals surface area contributed by atoms with E-state index in [-0.39, 0.29) is 17.5 Å². The summed E-state index contributed by atoms with van der Waals surface area (Å²) in [5, 5.41) is 3.52. The van der Waals surface area contributed by atoms with Gasteiger partial charge in [-0.2, -0.15) is 0 Å². The van der Waals surface area contributed by atoms with Crippen molar-refractivity contribution in [3.63, 3.8) is 0 Å². The Kier molecular flexibility index (Phi) is 2.90. The lowest BCUT2D eigenvalue weighted by atomic mass is 9.96. The molecule has 2 saturated heterocycles. The van der Waals surface area contributed by atoms with Crippen LogP contribution in [0.2, 0.25) is 0 Å². The Morgan fingerprint density at radius 3 is 3.06 bits per heavy atom. The van der Waals surface area contributed by atoms with Gasteiger partial charge in [0.2, 0.25) is 5.91 Å². The van der Waals surface area contributed by atoms with Crippen LogP contribution in [0.1, 0.15) is 31.0 Å². The smallest absolute Gasteiger partial charge is 0.242 e. The van der Waals surface area contributed by atoms with Crippen molar-refractivity contribution in [2.24, 2.45) is 0 Å². The summed E-state index contributed by atoms with van der Waals surface area (Å²) in [6, 6.07) is 4.14. The van der Waals surface area contributed by atoms with E-state index >= 15 is 0 Å². The molecule has 5 heteroatoms. The normalized spacial score (nSPS) is 31.6. The van der Waals surface area contributed by atoms with Gasteiger partial charge < -0.3 is 4.90 Å². The summed E-state index contributed by atoms with van der Waals surface area (Å²) in [6.45, 7) is 0.852. The number of likely N-dealkylation sites (tertiary alicyclic amines) is 1. The first-order chi connectivity index (χ1) is 8.61. The van der Waals surface area contributed by atoms with Gasteiger partial charge in [-0.05, 0) is 31.4 Å². The van der Waals surface area contributed by atoms with Crippen LogP contribution in [0, 0.1) is 0 Å². The molecule has 3 heterocycles. The molecule has 96 valence electrons. The highest BCUT2D eigenvalue weighted by atomic mass is 79.9. The van der Waals surface area contributed by atoms with Crippen LogP contribution in [0.3, 0.4) is 0 Å². The molecule has 1 amide bonds. The third-order valence-corrected chi connectivity index (χ3v) is 4.53. The maximum atomic E-state index is 12.2. The molecular weight excluding hydrogens is 294 g/mol. The van der Waals surface area contributed by atoms with Crippen molar-refractivity contribution < 1.29 is 4.79 Å². The van der Waals surface area contributed by atoms with Gasteiger partial charge in [-0.15, -0.1) is 0 Å². The molecule has 4 nitrogen and oxygen atoms in total. The molecule has 1 aromatic rings. The first-order valence-corrected chi connectivity index (χ1v) is 7.05. The van der Waals surface area contributed by atoms with E-state index in [1.54, 1.807) is 6.20 Å². The Labute approximate surface area is 115 Å². The van der Waals surface area contributed by atoms with E-state index in [1.165, 1.54) is 0 Å². The minimum atomic E-state index is -0.330. The maximum Gasteiger partial charge on any atom is 0.242 e. The molecule has 0 saturated carbocycles. The zero-order valence-electron chi connectivity index (χ0n) is 10.3. The maximum absolute atomic E-state index is 12.2. The summed E-state index contributed by atoms with van der Waals surface area (Å²) >= 11 is 3.46. The van der Waals surface area contributed by atoms with Gasteiger partial charge >= 0.3 is 0 Å². The SMILES string of the molecule is CN1CC[C@@]2(CC[C@H](c3cc(Br)ccn3)N2)C1=O. The molecule has 2 fully saturated rings. The molecule has 18 heavy (non-hydrogen) atoms. The first kappa shape index (κ1) is 12.1. The lowest BCUT2D eigenvalue weighted by Gasteiger charge is -2.23. The number of aromatic nitrogens is 1. The van der Waals surface area contributed by atoms with Crippen molar-refractivity contribution in [3.05, 3.63) is 28.5 Å². The van der Waals surface area contributed by atoms with Crippen molar-refractivity contribution >= 4 is 21.8 Å². The van der Waals surface area contributed by atoms with Gasteiger partial charge in [0.25, 0.3) is 0 Å². The van der Waals surface area contributed by atoms with Gasteiger partial charge in [0.05, 0.1) is 11.7 Å². The third-order valence-electron chi connectivity index (χ3n) is 4.04. The molecule has 0 aliphatic carbocycles. The lowest BCUT2D eigenvalue weighted by Crippen LogP contribution is -2.47. The zero-order valence-corrected chi connectivity index (χ0v) is 11.9. The van der Waals surface area contributed by atoms with Gasteiger partial charge in [0, 0.05) is 24.3 Å². The number of amides is 1. The van der Waals surface area contributed by atoms with Crippen LogP contribution in [0.5, 0.6) is 0 Å². The molecule has 0 radical (unpaired) electrons. The molecule has 1 aromatic heterocycles. The Balaban J connectivity index is 1.82. The Morgan fingerprint density at radius 2 is 2.39 bits per heavy atom. The van der Waals surface area contributed by atoms with E-state index in [2.05, 4.69) is 26.2 Å². The summed E-state index contributed by atoms with van der Waals surface area (Å²) in [7, 11) is 1.88. The fourth-order valence-electron chi connectivity index (χ4n) is 3.00. The second-order valence-electron chi connectivity index (χ2n) is 5.19. The van der Waals surface area contributed by atoms with Crippen LogP contribution >= 0.6 is 15.9 Å². The third kappa shape index (κ3) is 1.86. The predicted octanol–water partition coefficient (Wildman–Crippen LogP) is 1.87. The number of nitrogens with zero attached hydrogens (tertiary/aromatic N) is 2. The number of carbonyl (C=O) groups excluding carboxylic acids is 1. The second-order valence-corrected chi connectivity index (χ2v) is 6.11. The molecule has 0 unspecified atom stereocenters. The number of rotatable bonds is 1. The fourth-order valence-corrected chi connectivity index (χ4v) is 3.35. The van der Waals surface area contributed by atoms with Crippen LogP contribution < -0.4 is 5.32 Å². The standard InChI is InChI=1S/C13H16BrN3O/c1-17-7-5-13(12(17)18)4-2-10(16-13)11-8-9(14)3-6-15-11/h3,6,8,10,16H,2,4-5,7H2,1H3/t10-,13+/m1/s1. The molecule has 2 aliphatic rings. The number of carbonyl (C=O) groups is 1. The summed E-state index contributed by atoms with van der Waals surface area (Å²) in [5.74, 6) is 0.236. The molecule has 1 spiro atoms. The monoisotopic (exact) mass is 309 g/mol. The van der Waals surface area contributed by atoms with E-state index in [0.29, 0.717) is 0 Å². The molecule has 2 aliphatic heterocycles. The quantitative estimate of drug-likeness (QED) is 0.861. The second kappa shape index (κ2) is 4.31. The average Bonchev–Trinajstić information content (AvgIpc) is 2.91. The molecule has 1 N–H and O–H groups in total. The van der Waals surface area contributed by atoms with Gasteiger partial charge in [0.1, 0.15) is 5.54 Å². The average molecular weight is 310 g/mol. The van der Waals surface area contributed by atoms with E-state index in [1.807, 2.05) is 24.1 Å². The summed E-state index contributed by atoms with van der Waals surface area (Å²) in [6.07, 6.45) is 4.60. The van der Waals surface area contributed by atoms with E-state index < -0.39 is 0 Å². The zero-order chi connectivity index (χ0) is 12.8. The minimum Gasteiger partial charge on any atom is -0.344 e. The lowest BCUT2D eigenvalue weighted by molar-refractivity contribution is -0.131. The van der Waals surface area contributed by atoms with Crippen LogP contribution in [0.4, 0.5) is 0 Å². The number of hydrogen-bond donors (Lipinski definition) is 1. The molecule has 0 aromatic carbocycles. The van der Waals surface area contributed by atoms with Crippen molar-refractivity contribution in [1.29, 1.82) is 0 Å². The number of nitrogens with one attached hydrogen (secondary N) is 1. The Morgan fingerprint density at radius 1 is 1.56 bits per heavy atom. The highest BCUT2D eigenvalue weighted by molar-refractivity contribution is 9.10. The van der Waals surface area contributed by atoms with Gasteiger partial charge in [-0.1, -0.05) is 15.9 Å². The minimum absolute atomic E-state index is 0.193. The Bertz CT molecular complexity index is 493.